The third-order valence-corrected chi connectivity index (χ3v) is 6.64. The second kappa shape index (κ2) is 8.01. The monoisotopic (exact) mass is 412 g/mol. The number of thiophene rings is 1. The quantitative estimate of drug-likeness (QED) is 0.461. The van der Waals surface area contributed by atoms with E-state index < -0.39 is 0 Å². The molecule has 1 aliphatic heterocycles. The first-order chi connectivity index (χ1) is 14.6. The second-order valence-electron chi connectivity index (χ2n) is 7.88. The molecule has 30 heavy (non-hydrogen) atoms. The molecule has 0 radical (unpaired) electrons. The van der Waals surface area contributed by atoms with Crippen LogP contribution in [0.5, 0.6) is 0 Å². The van der Waals surface area contributed by atoms with Gasteiger partial charge in [0.05, 0.1) is 5.69 Å². The van der Waals surface area contributed by atoms with Gasteiger partial charge in [0.15, 0.2) is 5.82 Å². The molecular formula is C25H24N4S. The van der Waals surface area contributed by atoms with E-state index in [0.29, 0.717) is 0 Å². The Kier molecular flexibility index (Phi) is 5.07. The van der Waals surface area contributed by atoms with E-state index in [1.54, 1.807) is 0 Å². The summed E-state index contributed by atoms with van der Waals surface area (Å²) in [4.78, 5) is 14.7. The number of nitrogen functional groups attached to an aromatic ring is 1. The van der Waals surface area contributed by atoms with Crippen molar-refractivity contribution in [2.24, 2.45) is 0 Å². The number of rotatable bonds is 4. The van der Waals surface area contributed by atoms with Gasteiger partial charge in [-0.25, -0.2) is 9.97 Å². The van der Waals surface area contributed by atoms with E-state index in [4.69, 9.17) is 10.7 Å². The average molecular weight is 413 g/mol. The van der Waals surface area contributed by atoms with Crippen LogP contribution in [0.3, 0.4) is 0 Å². The lowest BCUT2D eigenvalue weighted by Crippen LogP contribution is -2.30. The highest BCUT2D eigenvalue weighted by atomic mass is 32.1. The van der Waals surface area contributed by atoms with Crippen LogP contribution >= 0.6 is 11.3 Å². The maximum atomic E-state index is 5.79. The normalized spacial score (nSPS) is 13.9. The van der Waals surface area contributed by atoms with E-state index in [1.807, 2.05) is 41.8 Å². The molecule has 5 heteroatoms. The van der Waals surface area contributed by atoms with Crippen LogP contribution in [0.15, 0.2) is 66.9 Å². The molecule has 0 aliphatic carbocycles. The molecule has 0 amide bonds. The van der Waals surface area contributed by atoms with Crippen molar-refractivity contribution in [2.45, 2.75) is 26.4 Å². The molecule has 1 aliphatic rings. The molecule has 0 saturated heterocycles. The maximum absolute atomic E-state index is 5.79. The van der Waals surface area contributed by atoms with Crippen molar-refractivity contribution in [2.75, 3.05) is 12.3 Å². The fourth-order valence-electron chi connectivity index (χ4n) is 3.92. The van der Waals surface area contributed by atoms with Crippen LogP contribution in [0.4, 0.5) is 5.69 Å². The molecule has 0 saturated carbocycles. The molecule has 0 fully saturated rings. The largest absolute Gasteiger partial charge is 0.399 e. The Balaban J connectivity index is 1.29. The van der Waals surface area contributed by atoms with Crippen LogP contribution in [0.1, 0.15) is 21.7 Å². The molecule has 4 nitrogen and oxygen atoms in total. The first-order valence-corrected chi connectivity index (χ1v) is 11.0. The number of hydrogen-bond donors (Lipinski definition) is 1. The van der Waals surface area contributed by atoms with Crippen molar-refractivity contribution >= 4 is 17.0 Å². The van der Waals surface area contributed by atoms with Gasteiger partial charge in [0.25, 0.3) is 0 Å². The van der Waals surface area contributed by atoms with Gasteiger partial charge in [0, 0.05) is 58.8 Å². The Morgan fingerprint density at radius 1 is 1.03 bits per heavy atom. The smallest absolute Gasteiger partial charge is 0.159 e. The molecule has 0 unspecified atom stereocenters. The van der Waals surface area contributed by atoms with E-state index in [2.05, 4.69) is 53.2 Å². The van der Waals surface area contributed by atoms with Crippen molar-refractivity contribution in [3.63, 3.8) is 0 Å². The molecule has 150 valence electrons. The molecule has 0 bridgehead atoms. The molecule has 0 atom stereocenters. The summed E-state index contributed by atoms with van der Waals surface area (Å²) in [6.45, 7) is 5.03. The Hall–Kier alpha value is -3.02. The first kappa shape index (κ1) is 19.0. The van der Waals surface area contributed by atoms with Gasteiger partial charge in [-0.1, -0.05) is 29.8 Å². The van der Waals surface area contributed by atoms with Crippen molar-refractivity contribution < 1.29 is 0 Å². The van der Waals surface area contributed by atoms with Crippen LogP contribution in [-0.2, 0) is 19.5 Å². The minimum absolute atomic E-state index is 0.756. The van der Waals surface area contributed by atoms with Crippen LogP contribution in [-0.4, -0.2) is 21.4 Å². The highest BCUT2D eigenvalue weighted by Gasteiger charge is 2.19. The van der Waals surface area contributed by atoms with E-state index in [9.17, 15) is 0 Å². The standard InChI is InChI=1S/C25H24N4S/c1-17-3-2-4-19(13-17)24-10-9-22(30-24)16-29-12-11-23-20(15-29)14-27-25(28-23)18-5-7-21(26)8-6-18/h2-10,13-14H,11-12,15-16,26H2,1H3. The first-order valence-electron chi connectivity index (χ1n) is 10.2. The number of benzene rings is 2. The van der Waals surface area contributed by atoms with E-state index >= 15 is 0 Å². The number of hydrogen-bond acceptors (Lipinski definition) is 5. The van der Waals surface area contributed by atoms with Crippen LogP contribution in [0.2, 0.25) is 0 Å². The molecule has 5 rings (SSSR count). The number of aryl methyl sites for hydroxylation is 1. The molecule has 2 N–H and O–H groups in total. The van der Waals surface area contributed by atoms with Crippen LogP contribution < -0.4 is 5.73 Å². The molecule has 2 aromatic carbocycles. The zero-order valence-corrected chi connectivity index (χ0v) is 17.8. The number of aromatic nitrogens is 2. The molecular weight excluding hydrogens is 388 g/mol. The Bertz CT molecular complexity index is 1180. The third-order valence-electron chi connectivity index (χ3n) is 5.53. The Morgan fingerprint density at radius 2 is 1.90 bits per heavy atom. The van der Waals surface area contributed by atoms with Gasteiger partial charge in [0.1, 0.15) is 0 Å². The fourth-order valence-corrected chi connectivity index (χ4v) is 4.96. The SMILES string of the molecule is Cc1cccc(-c2ccc(CN3CCc4nc(-c5ccc(N)cc5)ncc4C3)s2)c1. The molecule has 3 heterocycles. The summed E-state index contributed by atoms with van der Waals surface area (Å²) in [6, 6.07) is 21.0. The number of nitrogens with zero attached hydrogens (tertiary/aromatic N) is 3. The maximum Gasteiger partial charge on any atom is 0.159 e. The van der Waals surface area contributed by atoms with Crippen molar-refractivity contribution in [1.82, 2.24) is 14.9 Å². The fraction of sp³-hybridized carbons (Fsp3) is 0.200. The summed E-state index contributed by atoms with van der Waals surface area (Å²) in [6.07, 6.45) is 2.95. The molecule has 2 aromatic heterocycles. The summed E-state index contributed by atoms with van der Waals surface area (Å²) in [5.74, 6) is 0.781. The van der Waals surface area contributed by atoms with Gasteiger partial charge in [-0.05, 0) is 48.9 Å². The van der Waals surface area contributed by atoms with E-state index in [0.717, 1.165) is 43.1 Å². The topological polar surface area (TPSA) is 55.0 Å². The predicted octanol–water partition coefficient (Wildman–Crippen LogP) is 5.32. The zero-order chi connectivity index (χ0) is 20.5. The lowest BCUT2D eigenvalue weighted by Gasteiger charge is -2.27. The van der Waals surface area contributed by atoms with Gasteiger partial charge >= 0.3 is 0 Å². The molecule has 4 aromatic rings. The highest BCUT2D eigenvalue weighted by Crippen LogP contribution is 2.30. The van der Waals surface area contributed by atoms with Gasteiger partial charge in [0.2, 0.25) is 0 Å². The van der Waals surface area contributed by atoms with Crippen molar-refractivity contribution in [3.05, 3.63) is 88.6 Å². The minimum atomic E-state index is 0.756. The summed E-state index contributed by atoms with van der Waals surface area (Å²) in [7, 11) is 0. The number of fused-ring (bicyclic) bond motifs is 1. The summed E-state index contributed by atoms with van der Waals surface area (Å²) < 4.78 is 0. The molecule has 0 spiro atoms. The predicted molar refractivity (Wildman–Crippen MR) is 124 cm³/mol. The summed E-state index contributed by atoms with van der Waals surface area (Å²) >= 11 is 1.89. The summed E-state index contributed by atoms with van der Waals surface area (Å²) in [5, 5.41) is 0. The minimum Gasteiger partial charge on any atom is -0.399 e. The van der Waals surface area contributed by atoms with E-state index in [1.165, 1.54) is 32.1 Å². The Morgan fingerprint density at radius 3 is 2.73 bits per heavy atom. The van der Waals surface area contributed by atoms with Gasteiger partial charge in [-0.2, -0.15) is 0 Å². The summed E-state index contributed by atoms with van der Waals surface area (Å²) in [5.41, 5.74) is 12.6. The van der Waals surface area contributed by atoms with Gasteiger partial charge in [-0.15, -0.1) is 11.3 Å². The van der Waals surface area contributed by atoms with Gasteiger partial charge < -0.3 is 5.73 Å². The van der Waals surface area contributed by atoms with Crippen molar-refractivity contribution in [1.29, 1.82) is 0 Å². The average Bonchev–Trinajstić information content (AvgIpc) is 3.22. The lowest BCUT2D eigenvalue weighted by atomic mass is 10.1. The Labute approximate surface area is 181 Å². The number of anilines is 1. The van der Waals surface area contributed by atoms with Gasteiger partial charge in [-0.3, -0.25) is 4.90 Å². The van der Waals surface area contributed by atoms with Crippen LogP contribution in [0, 0.1) is 6.92 Å². The lowest BCUT2D eigenvalue weighted by molar-refractivity contribution is 0.245. The zero-order valence-electron chi connectivity index (χ0n) is 17.0. The van der Waals surface area contributed by atoms with Crippen molar-refractivity contribution in [3.8, 4) is 21.8 Å². The number of nitrogens with two attached hydrogens (primary N) is 1. The third kappa shape index (κ3) is 3.99. The highest BCUT2D eigenvalue weighted by molar-refractivity contribution is 7.15. The second-order valence-corrected chi connectivity index (χ2v) is 9.05. The van der Waals surface area contributed by atoms with Crippen LogP contribution in [0.25, 0.3) is 21.8 Å². The van der Waals surface area contributed by atoms with E-state index in [-0.39, 0.29) is 0 Å².